The van der Waals surface area contributed by atoms with Crippen molar-refractivity contribution >= 4 is 27.0 Å². The van der Waals surface area contributed by atoms with E-state index in [-0.39, 0.29) is 42.6 Å². The van der Waals surface area contributed by atoms with Crippen LogP contribution in [-0.4, -0.2) is 68.8 Å². The molecule has 2 atom stereocenters. The number of hydrogen-bond acceptors (Lipinski definition) is 7. The van der Waals surface area contributed by atoms with Crippen molar-refractivity contribution < 1.29 is 31.1 Å². The van der Waals surface area contributed by atoms with Gasteiger partial charge in [-0.1, -0.05) is 0 Å². The first kappa shape index (κ1) is 25.3. The molecule has 9 nitrogen and oxygen atoms in total. The molecule has 2 N–H and O–H groups in total. The second-order valence-electron chi connectivity index (χ2n) is 8.75. The average molecular weight is 517 g/mol. The second kappa shape index (κ2) is 8.99. The van der Waals surface area contributed by atoms with Gasteiger partial charge < -0.3 is 15.0 Å². The van der Waals surface area contributed by atoms with Crippen molar-refractivity contribution in [1.29, 1.82) is 0 Å². The molecule has 3 aromatic rings. The highest BCUT2D eigenvalue weighted by Gasteiger charge is 2.37. The molecule has 1 aliphatic heterocycles. The Labute approximate surface area is 198 Å². The van der Waals surface area contributed by atoms with Crippen LogP contribution in [0.4, 0.5) is 23.5 Å². The number of benzene rings is 1. The molecular formula is C21H24F4N6O3S. The minimum absolute atomic E-state index is 0.0316. The quantitative estimate of drug-likeness (QED) is 0.501. The van der Waals surface area contributed by atoms with E-state index in [4.69, 9.17) is 0 Å². The molecule has 0 unspecified atom stereocenters. The van der Waals surface area contributed by atoms with Crippen molar-refractivity contribution in [2.75, 3.05) is 24.7 Å². The standard InChI is InChI=1S/C21H24F4N6O3S/c1-11(2)31-10-27-19-14(22)6-12(7-16(19)31)18-13(21(23,24)25)8-26-20(29-18)28-15-4-5-30(9-17(15)32)35(3,33)34/h6-8,10-11,15,17,32H,4-5,9H2,1-3H3,(H,26,28,29)/t15-,17-/m1/s1. The van der Waals surface area contributed by atoms with Crippen LogP contribution in [0.25, 0.3) is 22.3 Å². The Morgan fingerprint density at radius 3 is 2.54 bits per heavy atom. The maximum atomic E-state index is 14.8. The molecule has 35 heavy (non-hydrogen) atoms. The zero-order chi connectivity index (χ0) is 25.7. The van der Waals surface area contributed by atoms with E-state index >= 15 is 0 Å². The van der Waals surface area contributed by atoms with Crippen LogP contribution >= 0.6 is 0 Å². The molecule has 0 saturated carbocycles. The summed E-state index contributed by atoms with van der Waals surface area (Å²) in [6.45, 7) is 3.60. The van der Waals surface area contributed by atoms with Gasteiger partial charge in [0.2, 0.25) is 16.0 Å². The van der Waals surface area contributed by atoms with Gasteiger partial charge in [0.1, 0.15) is 11.1 Å². The molecule has 2 aromatic heterocycles. The van der Waals surface area contributed by atoms with Gasteiger partial charge in [-0.25, -0.2) is 27.8 Å². The number of halogens is 4. The molecule has 3 heterocycles. The minimum Gasteiger partial charge on any atom is -0.390 e. The number of sulfonamides is 1. The summed E-state index contributed by atoms with van der Waals surface area (Å²) in [6, 6.07) is 1.53. The van der Waals surface area contributed by atoms with Crippen molar-refractivity contribution in [2.45, 2.75) is 44.6 Å². The first-order chi connectivity index (χ1) is 16.3. The molecule has 1 saturated heterocycles. The molecule has 14 heteroatoms. The number of imidazole rings is 1. The first-order valence-electron chi connectivity index (χ1n) is 10.8. The van der Waals surface area contributed by atoms with Crippen LogP contribution in [0.5, 0.6) is 0 Å². The topological polar surface area (TPSA) is 113 Å². The maximum absolute atomic E-state index is 14.8. The maximum Gasteiger partial charge on any atom is 0.419 e. The number of aliphatic hydroxyl groups is 1. The monoisotopic (exact) mass is 516 g/mol. The summed E-state index contributed by atoms with van der Waals surface area (Å²) < 4.78 is 82.4. The van der Waals surface area contributed by atoms with Crippen LogP contribution in [0.15, 0.2) is 24.7 Å². The van der Waals surface area contributed by atoms with Gasteiger partial charge in [0.05, 0.1) is 35.9 Å². The van der Waals surface area contributed by atoms with Crippen LogP contribution < -0.4 is 5.32 Å². The SMILES string of the molecule is CC(C)n1cnc2c(F)cc(-c3nc(N[C@@H]4CCN(S(C)(=O)=O)C[C@H]4O)ncc3C(F)(F)F)cc21. The Balaban J connectivity index is 1.73. The van der Waals surface area contributed by atoms with E-state index in [1.165, 1.54) is 12.4 Å². The summed E-state index contributed by atoms with van der Waals surface area (Å²) in [5, 5.41) is 13.2. The van der Waals surface area contributed by atoms with Gasteiger partial charge in [0.25, 0.3) is 0 Å². The fourth-order valence-corrected chi connectivity index (χ4v) is 4.92. The predicted octanol–water partition coefficient (Wildman–Crippen LogP) is 3.04. The zero-order valence-electron chi connectivity index (χ0n) is 19.1. The smallest absolute Gasteiger partial charge is 0.390 e. The third-order valence-corrected chi connectivity index (χ3v) is 7.15. The van der Waals surface area contributed by atoms with E-state index in [0.29, 0.717) is 11.7 Å². The highest BCUT2D eigenvalue weighted by Crippen LogP contribution is 2.37. The third-order valence-electron chi connectivity index (χ3n) is 5.88. The predicted molar refractivity (Wildman–Crippen MR) is 121 cm³/mol. The Morgan fingerprint density at radius 2 is 1.94 bits per heavy atom. The van der Waals surface area contributed by atoms with Gasteiger partial charge >= 0.3 is 6.18 Å². The highest BCUT2D eigenvalue weighted by molar-refractivity contribution is 7.88. The second-order valence-corrected chi connectivity index (χ2v) is 10.7. The van der Waals surface area contributed by atoms with Crippen molar-refractivity contribution in [3.8, 4) is 11.3 Å². The number of fused-ring (bicyclic) bond motifs is 1. The normalized spacial score (nSPS) is 20.0. The third kappa shape index (κ3) is 5.09. The number of anilines is 1. The lowest BCUT2D eigenvalue weighted by atomic mass is 10.0. The molecule has 1 fully saturated rings. The number of hydrogen-bond donors (Lipinski definition) is 2. The fourth-order valence-electron chi connectivity index (χ4n) is 4.06. The van der Waals surface area contributed by atoms with Gasteiger partial charge in [-0.2, -0.15) is 17.5 Å². The van der Waals surface area contributed by atoms with E-state index in [2.05, 4.69) is 20.3 Å². The summed E-state index contributed by atoms with van der Waals surface area (Å²) in [7, 11) is -3.50. The van der Waals surface area contributed by atoms with Crippen LogP contribution in [0.2, 0.25) is 0 Å². The van der Waals surface area contributed by atoms with Crippen LogP contribution in [0, 0.1) is 5.82 Å². The Morgan fingerprint density at radius 1 is 1.23 bits per heavy atom. The van der Waals surface area contributed by atoms with E-state index in [1.54, 1.807) is 4.57 Å². The van der Waals surface area contributed by atoms with Gasteiger partial charge in [0.15, 0.2) is 5.82 Å². The average Bonchev–Trinajstić information content (AvgIpc) is 3.18. The van der Waals surface area contributed by atoms with Crippen molar-refractivity contribution in [3.63, 3.8) is 0 Å². The number of alkyl halides is 3. The summed E-state index contributed by atoms with van der Waals surface area (Å²) in [6.07, 6.45) is -2.71. The summed E-state index contributed by atoms with van der Waals surface area (Å²) in [5.74, 6) is -0.996. The Hall–Kier alpha value is -2.84. The molecule has 190 valence electrons. The number of β-amino-alcohol motifs (C(OH)–C–C–N with tert-alkyl or cyclic N) is 1. The lowest BCUT2D eigenvalue weighted by Gasteiger charge is -2.34. The molecule has 0 aliphatic carbocycles. The minimum atomic E-state index is -4.81. The summed E-state index contributed by atoms with van der Waals surface area (Å²) >= 11 is 0. The lowest BCUT2D eigenvalue weighted by Crippen LogP contribution is -2.51. The molecule has 4 rings (SSSR count). The van der Waals surface area contributed by atoms with Crippen molar-refractivity contribution in [1.82, 2.24) is 23.8 Å². The molecular weight excluding hydrogens is 492 g/mol. The molecule has 1 aliphatic rings. The van der Waals surface area contributed by atoms with Gasteiger partial charge in [-0.3, -0.25) is 0 Å². The number of nitrogens with one attached hydrogen (secondary N) is 1. The van der Waals surface area contributed by atoms with Gasteiger partial charge in [-0.15, -0.1) is 0 Å². The molecule has 0 bridgehead atoms. The van der Waals surface area contributed by atoms with Crippen molar-refractivity contribution in [3.05, 3.63) is 36.0 Å². The van der Waals surface area contributed by atoms with E-state index in [1.807, 2.05) is 13.8 Å². The highest BCUT2D eigenvalue weighted by atomic mass is 32.2. The van der Waals surface area contributed by atoms with Gasteiger partial charge in [0, 0.05) is 30.9 Å². The summed E-state index contributed by atoms with van der Waals surface area (Å²) in [5.41, 5.74) is -1.44. The number of nitrogens with zero attached hydrogens (tertiary/aromatic N) is 5. The largest absolute Gasteiger partial charge is 0.419 e. The van der Waals surface area contributed by atoms with E-state index in [9.17, 15) is 31.1 Å². The van der Waals surface area contributed by atoms with Crippen molar-refractivity contribution in [2.24, 2.45) is 0 Å². The molecule has 0 spiro atoms. The number of piperidine rings is 1. The van der Waals surface area contributed by atoms with Crippen LogP contribution in [0.1, 0.15) is 31.9 Å². The Kier molecular flexibility index (Phi) is 6.49. The van der Waals surface area contributed by atoms with E-state index in [0.717, 1.165) is 16.6 Å². The molecule has 0 radical (unpaired) electrons. The zero-order valence-corrected chi connectivity index (χ0v) is 19.9. The lowest BCUT2D eigenvalue weighted by molar-refractivity contribution is -0.137. The molecule has 0 amide bonds. The Bertz CT molecular complexity index is 1360. The number of aromatic nitrogens is 4. The summed E-state index contributed by atoms with van der Waals surface area (Å²) in [4.78, 5) is 11.8. The number of aliphatic hydroxyl groups excluding tert-OH is 1. The van der Waals surface area contributed by atoms with E-state index < -0.39 is 45.4 Å². The molecule has 1 aromatic carbocycles. The number of rotatable bonds is 5. The van der Waals surface area contributed by atoms with Crippen LogP contribution in [0.3, 0.4) is 0 Å². The fraction of sp³-hybridized carbons (Fsp3) is 0.476. The van der Waals surface area contributed by atoms with Crippen LogP contribution in [-0.2, 0) is 16.2 Å². The first-order valence-corrected chi connectivity index (χ1v) is 12.6. The van der Waals surface area contributed by atoms with Gasteiger partial charge in [-0.05, 0) is 32.4 Å².